The molecule has 1 aliphatic rings. The number of piperazine rings is 1. The third kappa shape index (κ3) is 5.22. The zero-order valence-corrected chi connectivity index (χ0v) is 16.2. The Hall–Kier alpha value is -2.55. The van der Waals surface area contributed by atoms with Crippen molar-refractivity contribution in [3.63, 3.8) is 0 Å². The summed E-state index contributed by atoms with van der Waals surface area (Å²) in [5.74, 6) is 1.17. The molecule has 0 radical (unpaired) electrons. The molecule has 0 unspecified atom stereocenters. The van der Waals surface area contributed by atoms with Gasteiger partial charge in [-0.2, -0.15) is 0 Å². The Morgan fingerprint density at radius 1 is 1.26 bits per heavy atom. The van der Waals surface area contributed by atoms with Gasteiger partial charge in [0.15, 0.2) is 5.82 Å². The van der Waals surface area contributed by atoms with E-state index >= 15 is 0 Å². The molecule has 0 aliphatic carbocycles. The molecular formula is C18H23N5O3S. The first-order chi connectivity index (χ1) is 13.0. The minimum absolute atomic E-state index is 0.0614. The predicted octanol–water partition coefficient (Wildman–Crippen LogP) is 1.79. The molecule has 8 nitrogen and oxygen atoms in total. The highest BCUT2D eigenvalue weighted by Crippen LogP contribution is 2.18. The number of nitrogens with zero attached hydrogens (tertiary/aromatic N) is 4. The molecule has 0 saturated carbocycles. The average Bonchev–Trinajstić information content (AvgIpc) is 3.11. The zero-order valence-electron chi connectivity index (χ0n) is 15.4. The first kappa shape index (κ1) is 19.2. The standard InChI is InChI=1S/C18H23N5O3S/c1-13-11-16(21-26-13)20-18(25)14(2)27-12-17(24)23-9-7-22(8-10-23)15-3-5-19-6-4-15/h3-6,11,14H,7-10,12H2,1-2H3,(H,20,21,25)/t14-/m1/s1. The number of pyridine rings is 1. The van der Waals surface area contributed by atoms with Crippen LogP contribution in [0.4, 0.5) is 11.5 Å². The van der Waals surface area contributed by atoms with E-state index in [1.54, 1.807) is 32.3 Å². The second kappa shape index (κ2) is 8.90. The van der Waals surface area contributed by atoms with Gasteiger partial charge in [0.25, 0.3) is 0 Å². The predicted molar refractivity (Wildman–Crippen MR) is 105 cm³/mol. The molecule has 27 heavy (non-hydrogen) atoms. The summed E-state index contributed by atoms with van der Waals surface area (Å²) in [7, 11) is 0. The van der Waals surface area contributed by atoms with Crippen LogP contribution in [0.2, 0.25) is 0 Å². The van der Waals surface area contributed by atoms with Crippen molar-refractivity contribution in [1.29, 1.82) is 0 Å². The molecule has 9 heteroatoms. The minimum Gasteiger partial charge on any atom is -0.368 e. The molecule has 0 spiro atoms. The summed E-state index contributed by atoms with van der Waals surface area (Å²) < 4.78 is 4.92. The fourth-order valence-electron chi connectivity index (χ4n) is 2.79. The summed E-state index contributed by atoms with van der Waals surface area (Å²) in [6.07, 6.45) is 3.55. The highest BCUT2D eigenvalue weighted by atomic mass is 32.2. The molecule has 2 amide bonds. The molecule has 1 saturated heterocycles. The molecular weight excluding hydrogens is 366 g/mol. The van der Waals surface area contributed by atoms with E-state index in [1.807, 2.05) is 17.0 Å². The lowest BCUT2D eigenvalue weighted by Gasteiger charge is -2.36. The number of rotatable bonds is 6. The second-order valence-electron chi connectivity index (χ2n) is 6.34. The van der Waals surface area contributed by atoms with Gasteiger partial charge in [-0.1, -0.05) is 5.16 Å². The SMILES string of the molecule is Cc1cc(NC(=O)[C@@H](C)SCC(=O)N2CCN(c3ccncc3)CC2)no1. The molecule has 2 aromatic heterocycles. The van der Waals surface area contributed by atoms with Gasteiger partial charge in [0.1, 0.15) is 5.76 Å². The highest BCUT2D eigenvalue weighted by molar-refractivity contribution is 8.01. The number of aromatic nitrogens is 2. The van der Waals surface area contributed by atoms with Gasteiger partial charge in [0.05, 0.1) is 11.0 Å². The first-order valence-corrected chi connectivity index (χ1v) is 9.86. The van der Waals surface area contributed by atoms with Gasteiger partial charge in [-0.3, -0.25) is 14.6 Å². The van der Waals surface area contributed by atoms with Gasteiger partial charge in [0.2, 0.25) is 11.8 Å². The molecule has 144 valence electrons. The maximum atomic E-state index is 12.4. The van der Waals surface area contributed by atoms with E-state index in [0.29, 0.717) is 24.7 Å². The Kier molecular flexibility index (Phi) is 6.33. The maximum Gasteiger partial charge on any atom is 0.238 e. The van der Waals surface area contributed by atoms with Crippen molar-refractivity contribution in [3.05, 3.63) is 36.4 Å². The number of anilines is 2. The van der Waals surface area contributed by atoms with Gasteiger partial charge in [-0.15, -0.1) is 11.8 Å². The van der Waals surface area contributed by atoms with E-state index in [4.69, 9.17) is 4.52 Å². The first-order valence-electron chi connectivity index (χ1n) is 8.81. The van der Waals surface area contributed by atoms with Gasteiger partial charge in [-0.05, 0) is 26.0 Å². The van der Waals surface area contributed by atoms with Crippen molar-refractivity contribution in [1.82, 2.24) is 15.0 Å². The Morgan fingerprint density at radius 2 is 1.96 bits per heavy atom. The van der Waals surface area contributed by atoms with E-state index in [9.17, 15) is 9.59 Å². The molecule has 1 fully saturated rings. The molecule has 3 rings (SSSR count). The molecule has 3 heterocycles. The van der Waals surface area contributed by atoms with Crippen LogP contribution in [0.15, 0.2) is 35.1 Å². The number of thioether (sulfide) groups is 1. The number of nitrogens with one attached hydrogen (secondary N) is 1. The molecule has 0 aromatic carbocycles. The largest absolute Gasteiger partial charge is 0.368 e. The van der Waals surface area contributed by atoms with Crippen LogP contribution >= 0.6 is 11.8 Å². The third-order valence-corrected chi connectivity index (χ3v) is 5.49. The van der Waals surface area contributed by atoms with Crippen molar-refractivity contribution < 1.29 is 14.1 Å². The van der Waals surface area contributed by atoms with Crippen LogP contribution in [0.3, 0.4) is 0 Å². The van der Waals surface area contributed by atoms with Gasteiger partial charge >= 0.3 is 0 Å². The Bertz CT molecular complexity index is 774. The van der Waals surface area contributed by atoms with E-state index < -0.39 is 0 Å². The van der Waals surface area contributed by atoms with Crippen molar-refractivity contribution >= 4 is 35.1 Å². The van der Waals surface area contributed by atoms with E-state index in [0.717, 1.165) is 18.8 Å². The summed E-state index contributed by atoms with van der Waals surface area (Å²) in [6.45, 7) is 6.49. The Labute approximate surface area is 162 Å². The lowest BCUT2D eigenvalue weighted by molar-refractivity contribution is -0.128. The number of hydrogen-bond acceptors (Lipinski definition) is 7. The summed E-state index contributed by atoms with van der Waals surface area (Å²) in [4.78, 5) is 32.7. The smallest absolute Gasteiger partial charge is 0.238 e. The lowest BCUT2D eigenvalue weighted by atomic mass is 10.2. The van der Waals surface area contributed by atoms with Gasteiger partial charge in [-0.25, -0.2) is 0 Å². The van der Waals surface area contributed by atoms with Crippen LogP contribution in [0, 0.1) is 6.92 Å². The fraction of sp³-hybridized carbons (Fsp3) is 0.444. The van der Waals surface area contributed by atoms with Crippen LogP contribution in [-0.4, -0.2) is 64.0 Å². The fourth-order valence-corrected chi connectivity index (χ4v) is 3.57. The Morgan fingerprint density at radius 3 is 2.59 bits per heavy atom. The van der Waals surface area contributed by atoms with Crippen LogP contribution in [0.5, 0.6) is 0 Å². The minimum atomic E-state index is -0.357. The lowest BCUT2D eigenvalue weighted by Crippen LogP contribution is -2.49. The normalized spacial score (nSPS) is 15.5. The quantitative estimate of drug-likeness (QED) is 0.805. The van der Waals surface area contributed by atoms with E-state index in [-0.39, 0.29) is 22.8 Å². The van der Waals surface area contributed by atoms with E-state index in [1.165, 1.54) is 11.8 Å². The van der Waals surface area contributed by atoms with Crippen LogP contribution in [-0.2, 0) is 9.59 Å². The van der Waals surface area contributed by atoms with Crippen molar-refractivity contribution in [3.8, 4) is 0 Å². The van der Waals surface area contributed by atoms with Crippen molar-refractivity contribution in [2.24, 2.45) is 0 Å². The second-order valence-corrected chi connectivity index (χ2v) is 7.67. The van der Waals surface area contributed by atoms with Crippen LogP contribution < -0.4 is 10.2 Å². The van der Waals surface area contributed by atoms with E-state index in [2.05, 4.69) is 20.4 Å². The van der Waals surface area contributed by atoms with Crippen molar-refractivity contribution in [2.45, 2.75) is 19.1 Å². The van der Waals surface area contributed by atoms with Crippen molar-refractivity contribution in [2.75, 3.05) is 42.1 Å². The summed E-state index contributed by atoms with van der Waals surface area (Å²) in [6, 6.07) is 5.61. The molecule has 0 bridgehead atoms. The van der Waals surface area contributed by atoms with Crippen LogP contribution in [0.1, 0.15) is 12.7 Å². The van der Waals surface area contributed by atoms with Gasteiger partial charge < -0.3 is 19.6 Å². The number of aryl methyl sites for hydroxylation is 1. The molecule has 2 aromatic rings. The summed E-state index contributed by atoms with van der Waals surface area (Å²) in [5.41, 5.74) is 1.12. The third-order valence-electron chi connectivity index (χ3n) is 4.37. The van der Waals surface area contributed by atoms with Crippen LogP contribution in [0.25, 0.3) is 0 Å². The zero-order chi connectivity index (χ0) is 19.2. The monoisotopic (exact) mass is 389 g/mol. The number of hydrogen-bond donors (Lipinski definition) is 1. The topological polar surface area (TPSA) is 91.6 Å². The molecule has 1 N–H and O–H groups in total. The average molecular weight is 389 g/mol. The molecule has 1 aliphatic heterocycles. The number of carbonyl (C=O) groups excluding carboxylic acids is 2. The Balaban J connectivity index is 1.41. The van der Waals surface area contributed by atoms with Gasteiger partial charge in [0, 0.05) is 50.3 Å². The summed E-state index contributed by atoms with van der Waals surface area (Å²) in [5, 5.41) is 6.07. The maximum absolute atomic E-state index is 12.4. The number of carbonyl (C=O) groups is 2. The summed E-state index contributed by atoms with van der Waals surface area (Å²) >= 11 is 1.33. The molecule has 1 atom stereocenters. The number of amides is 2. The highest BCUT2D eigenvalue weighted by Gasteiger charge is 2.23.